The van der Waals surface area contributed by atoms with Gasteiger partial charge in [-0.15, -0.1) is 0 Å². The molecule has 1 fully saturated rings. The Kier molecular flexibility index (Phi) is 5.01. The lowest BCUT2D eigenvalue weighted by atomic mass is 9.97. The Morgan fingerprint density at radius 1 is 1.29 bits per heavy atom. The van der Waals surface area contributed by atoms with E-state index in [0.717, 1.165) is 30.2 Å². The maximum atomic E-state index is 9.71. The second kappa shape index (κ2) is 7.19. The molecular weight excluding hydrogens is 310 g/mol. The Bertz CT molecular complexity index is 688. The molecule has 1 saturated heterocycles. The molecule has 3 rings (SSSR count). The number of hydrogen-bond donors (Lipinski definition) is 1. The molecule has 1 aliphatic rings. The van der Waals surface area contributed by atoms with Gasteiger partial charge in [-0.1, -0.05) is 17.3 Å². The van der Waals surface area contributed by atoms with Gasteiger partial charge in [0.25, 0.3) is 0 Å². The second-order valence-electron chi connectivity index (χ2n) is 6.08. The fourth-order valence-corrected chi connectivity index (χ4v) is 3.34. The van der Waals surface area contributed by atoms with E-state index in [-0.39, 0.29) is 18.4 Å². The smallest absolute Gasteiger partial charge is 0.231 e. The number of aromatic nitrogens is 2. The van der Waals surface area contributed by atoms with Crippen molar-refractivity contribution in [2.75, 3.05) is 33.9 Å². The van der Waals surface area contributed by atoms with Crippen LogP contribution in [-0.2, 0) is 6.54 Å². The van der Waals surface area contributed by atoms with Crippen LogP contribution in [0.3, 0.4) is 0 Å². The molecule has 2 aromatic rings. The van der Waals surface area contributed by atoms with Crippen molar-refractivity contribution in [2.45, 2.75) is 19.4 Å². The van der Waals surface area contributed by atoms with E-state index < -0.39 is 0 Å². The number of methoxy groups -OCH3 is 2. The molecule has 1 aromatic carbocycles. The molecular formula is C17H23N3O4. The zero-order valence-electron chi connectivity index (χ0n) is 14.2. The van der Waals surface area contributed by atoms with Gasteiger partial charge in [-0.05, 0) is 13.0 Å². The third-order valence-electron chi connectivity index (χ3n) is 4.49. The molecule has 0 unspecified atom stereocenters. The van der Waals surface area contributed by atoms with Crippen LogP contribution in [0.1, 0.15) is 23.2 Å². The van der Waals surface area contributed by atoms with Gasteiger partial charge in [0.05, 0.1) is 20.1 Å². The number of para-hydroxylation sites is 1. The van der Waals surface area contributed by atoms with Gasteiger partial charge in [-0.2, -0.15) is 4.98 Å². The highest BCUT2D eigenvalue weighted by Crippen LogP contribution is 2.36. The van der Waals surface area contributed by atoms with Crippen LogP contribution in [0.2, 0.25) is 0 Å². The first-order valence-electron chi connectivity index (χ1n) is 7.99. The minimum Gasteiger partial charge on any atom is -0.493 e. The van der Waals surface area contributed by atoms with Crippen molar-refractivity contribution in [3.63, 3.8) is 0 Å². The quantitative estimate of drug-likeness (QED) is 0.860. The zero-order chi connectivity index (χ0) is 17.1. The average Bonchev–Trinajstić information content (AvgIpc) is 3.20. The molecule has 1 N–H and O–H groups in total. The molecule has 0 bridgehead atoms. The SMILES string of the molecule is COc1cccc(CN2C[C@@H](CO)[C@H](c3nc(C)no3)C2)c1OC. The highest BCUT2D eigenvalue weighted by atomic mass is 16.5. The number of aliphatic hydroxyl groups is 1. The fourth-order valence-electron chi connectivity index (χ4n) is 3.34. The Labute approximate surface area is 141 Å². The molecule has 0 aliphatic carbocycles. The minimum atomic E-state index is 0.0489. The molecule has 2 heterocycles. The maximum absolute atomic E-state index is 9.71. The van der Waals surface area contributed by atoms with Crippen LogP contribution in [0.4, 0.5) is 0 Å². The largest absolute Gasteiger partial charge is 0.493 e. The first-order valence-corrected chi connectivity index (χ1v) is 7.99. The molecule has 130 valence electrons. The highest BCUT2D eigenvalue weighted by Gasteiger charge is 2.37. The van der Waals surface area contributed by atoms with Gasteiger partial charge in [-0.3, -0.25) is 4.90 Å². The van der Waals surface area contributed by atoms with Crippen LogP contribution in [0.5, 0.6) is 11.5 Å². The van der Waals surface area contributed by atoms with Crippen molar-refractivity contribution in [3.05, 3.63) is 35.5 Å². The molecule has 24 heavy (non-hydrogen) atoms. The van der Waals surface area contributed by atoms with Crippen LogP contribution in [0, 0.1) is 12.8 Å². The van der Waals surface area contributed by atoms with Crippen molar-refractivity contribution < 1.29 is 19.1 Å². The highest BCUT2D eigenvalue weighted by molar-refractivity contribution is 5.46. The van der Waals surface area contributed by atoms with Gasteiger partial charge in [-0.25, -0.2) is 0 Å². The molecule has 0 saturated carbocycles. The number of aliphatic hydroxyl groups excluding tert-OH is 1. The molecule has 0 spiro atoms. The van der Waals surface area contributed by atoms with E-state index in [1.54, 1.807) is 21.1 Å². The summed E-state index contributed by atoms with van der Waals surface area (Å²) in [5.41, 5.74) is 1.05. The van der Waals surface area contributed by atoms with Crippen molar-refractivity contribution in [3.8, 4) is 11.5 Å². The summed E-state index contributed by atoms with van der Waals surface area (Å²) in [5.74, 6) is 2.82. The average molecular weight is 333 g/mol. The van der Waals surface area contributed by atoms with Crippen LogP contribution < -0.4 is 9.47 Å². The molecule has 1 aromatic heterocycles. The molecule has 0 radical (unpaired) electrons. The Morgan fingerprint density at radius 3 is 2.75 bits per heavy atom. The summed E-state index contributed by atoms with van der Waals surface area (Å²) in [6, 6.07) is 5.86. The summed E-state index contributed by atoms with van der Waals surface area (Å²) >= 11 is 0. The zero-order valence-corrected chi connectivity index (χ0v) is 14.2. The predicted molar refractivity (Wildman–Crippen MR) is 87.2 cm³/mol. The fraction of sp³-hybridized carbons (Fsp3) is 0.529. The van der Waals surface area contributed by atoms with E-state index >= 15 is 0 Å². The van der Waals surface area contributed by atoms with Gasteiger partial charge < -0.3 is 19.1 Å². The Hall–Kier alpha value is -2.12. The first-order chi connectivity index (χ1) is 11.7. The second-order valence-corrected chi connectivity index (χ2v) is 6.08. The monoisotopic (exact) mass is 333 g/mol. The number of aryl methyl sites for hydroxylation is 1. The number of likely N-dealkylation sites (tertiary alicyclic amines) is 1. The lowest BCUT2D eigenvalue weighted by molar-refractivity contribution is 0.204. The van der Waals surface area contributed by atoms with E-state index in [1.165, 1.54) is 0 Å². The summed E-state index contributed by atoms with van der Waals surface area (Å²) in [5, 5.41) is 13.6. The topological polar surface area (TPSA) is 80.9 Å². The van der Waals surface area contributed by atoms with Crippen LogP contribution >= 0.6 is 0 Å². The van der Waals surface area contributed by atoms with Gasteiger partial charge in [0.2, 0.25) is 5.89 Å². The van der Waals surface area contributed by atoms with E-state index in [9.17, 15) is 5.11 Å². The van der Waals surface area contributed by atoms with Gasteiger partial charge in [0, 0.05) is 37.7 Å². The predicted octanol–water partition coefficient (Wildman–Crippen LogP) is 1.60. The van der Waals surface area contributed by atoms with Gasteiger partial charge >= 0.3 is 0 Å². The molecule has 2 atom stereocenters. The van der Waals surface area contributed by atoms with Crippen LogP contribution in [0.25, 0.3) is 0 Å². The lowest BCUT2D eigenvalue weighted by Crippen LogP contribution is -2.21. The molecule has 1 aliphatic heterocycles. The third-order valence-corrected chi connectivity index (χ3v) is 4.49. The molecule has 0 amide bonds. The van der Waals surface area contributed by atoms with Crippen molar-refractivity contribution in [2.24, 2.45) is 5.92 Å². The van der Waals surface area contributed by atoms with Crippen molar-refractivity contribution >= 4 is 0 Å². The van der Waals surface area contributed by atoms with E-state index in [2.05, 4.69) is 15.0 Å². The normalized spacial score (nSPS) is 21.2. The van der Waals surface area contributed by atoms with Crippen molar-refractivity contribution in [1.82, 2.24) is 15.0 Å². The summed E-state index contributed by atoms with van der Waals surface area (Å²) in [7, 11) is 3.28. The number of hydrogen-bond acceptors (Lipinski definition) is 7. The minimum absolute atomic E-state index is 0.0489. The summed E-state index contributed by atoms with van der Waals surface area (Å²) in [6.45, 7) is 4.13. The van der Waals surface area contributed by atoms with Crippen LogP contribution in [0.15, 0.2) is 22.7 Å². The lowest BCUT2D eigenvalue weighted by Gasteiger charge is -2.18. The number of benzene rings is 1. The summed E-state index contributed by atoms with van der Waals surface area (Å²) < 4.78 is 16.2. The maximum Gasteiger partial charge on any atom is 0.231 e. The van der Waals surface area contributed by atoms with E-state index in [0.29, 0.717) is 18.3 Å². The summed E-state index contributed by atoms with van der Waals surface area (Å²) in [6.07, 6.45) is 0. The Balaban J connectivity index is 1.77. The van der Waals surface area contributed by atoms with E-state index in [4.69, 9.17) is 14.0 Å². The van der Waals surface area contributed by atoms with Crippen LogP contribution in [-0.4, -0.2) is 54.1 Å². The number of nitrogens with zero attached hydrogens (tertiary/aromatic N) is 3. The van der Waals surface area contributed by atoms with Crippen molar-refractivity contribution in [1.29, 1.82) is 0 Å². The molecule has 7 nitrogen and oxygen atoms in total. The third kappa shape index (κ3) is 3.22. The van der Waals surface area contributed by atoms with E-state index in [1.807, 2.05) is 18.2 Å². The van der Waals surface area contributed by atoms with Gasteiger partial charge in [0.1, 0.15) is 0 Å². The standard InChI is InChI=1S/C17H23N3O4/c1-11-18-17(24-19-11)14-9-20(8-13(14)10-21)7-12-5-4-6-15(22-2)16(12)23-3/h4-6,13-14,21H,7-10H2,1-3H3/t13-,14+/m0/s1. The number of ether oxygens (including phenoxy) is 2. The first kappa shape index (κ1) is 16.7. The number of rotatable bonds is 6. The molecule has 7 heteroatoms. The summed E-state index contributed by atoms with van der Waals surface area (Å²) in [4.78, 5) is 6.60. The van der Waals surface area contributed by atoms with Gasteiger partial charge in [0.15, 0.2) is 17.3 Å². The Morgan fingerprint density at radius 2 is 2.12 bits per heavy atom.